The molecule has 0 amide bonds. The average Bonchev–Trinajstić information content (AvgIpc) is 2.66. The Morgan fingerprint density at radius 1 is 1.21 bits per heavy atom. The fraction of sp³-hybridized carbons (Fsp3) is 0.588. The summed E-state index contributed by atoms with van der Waals surface area (Å²) in [5.41, 5.74) is 0.451. The van der Waals surface area contributed by atoms with Gasteiger partial charge in [0.1, 0.15) is 11.5 Å². The van der Waals surface area contributed by atoms with E-state index in [0.717, 1.165) is 0 Å². The lowest BCUT2D eigenvalue weighted by Gasteiger charge is -2.13. The summed E-state index contributed by atoms with van der Waals surface area (Å²) in [6.45, 7) is 2.02. The number of aliphatic imine (C=N–C) groups is 1. The molecular formula is C17H29F2IN4O4S. The van der Waals surface area contributed by atoms with E-state index in [-0.39, 0.29) is 42.0 Å². The third-order valence-electron chi connectivity index (χ3n) is 3.58. The zero-order valence-corrected chi connectivity index (χ0v) is 19.9. The summed E-state index contributed by atoms with van der Waals surface area (Å²) in [6, 6.07) is 4.53. The van der Waals surface area contributed by atoms with Crippen molar-refractivity contribution in [2.24, 2.45) is 4.99 Å². The highest BCUT2D eigenvalue weighted by Gasteiger charge is 2.11. The standard InChI is InChI=1S/C17H28F2N4O4S.HI/c1-4-20-17(21-9-6-10-23-28(24,25)5-2)22-12-13-11-14(26-3)7-8-15(13)27-16(18)19;/h7-8,11,16,23H,4-6,9-10,12H2,1-3H3,(H2,20,21,22);1H. The number of ether oxygens (including phenoxy) is 2. The lowest BCUT2D eigenvalue weighted by molar-refractivity contribution is -0.0504. The van der Waals surface area contributed by atoms with Crippen molar-refractivity contribution in [2.75, 3.05) is 32.5 Å². The highest BCUT2D eigenvalue weighted by atomic mass is 127. The highest BCUT2D eigenvalue weighted by Crippen LogP contribution is 2.26. The number of nitrogens with zero attached hydrogens (tertiary/aromatic N) is 1. The lowest BCUT2D eigenvalue weighted by Crippen LogP contribution is -2.38. The molecule has 1 aromatic carbocycles. The van der Waals surface area contributed by atoms with Gasteiger partial charge >= 0.3 is 6.61 Å². The molecule has 3 N–H and O–H groups in total. The van der Waals surface area contributed by atoms with Crippen molar-refractivity contribution in [3.8, 4) is 11.5 Å². The van der Waals surface area contributed by atoms with Gasteiger partial charge in [-0.1, -0.05) is 0 Å². The summed E-state index contributed by atoms with van der Waals surface area (Å²) in [4.78, 5) is 4.36. The molecule has 0 aliphatic carbocycles. The molecule has 0 saturated heterocycles. The number of hydrogen-bond acceptors (Lipinski definition) is 5. The highest BCUT2D eigenvalue weighted by molar-refractivity contribution is 14.0. The van der Waals surface area contributed by atoms with Crippen LogP contribution in [0.1, 0.15) is 25.8 Å². The summed E-state index contributed by atoms with van der Waals surface area (Å²) in [5.74, 6) is 1.05. The molecule has 0 aromatic heterocycles. The number of guanidine groups is 1. The summed E-state index contributed by atoms with van der Waals surface area (Å²) < 4.78 is 60.1. The van der Waals surface area contributed by atoms with Crippen LogP contribution in [0.5, 0.6) is 11.5 Å². The van der Waals surface area contributed by atoms with Gasteiger partial charge in [-0.25, -0.2) is 18.1 Å². The second-order valence-electron chi connectivity index (χ2n) is 5.63. The Bertz CT molecular complexity index is 736. The van der Waals surface area contributed by atoms with Crippen molar-refractivity contribution in [1.29, 1.82) is 0 Å². The van der Waals surface area contributed by atoms with E-state index < -0.39 is 16.6 Å². The van der Waals surface area contributed by atoms with Crippen molar-refractivity contribution < 1.29 is 26.7 Å². The van der Waals surface area contributed by atoms with Crippen molar-refractivity contribution in [1.82, 2.24) is 15.4 Å². The SMILES string of the molecule is CCNC(=NCc1cc(OC)ccc1OC(F)F)NCCCNS(=O)(=O)CC.I. The number of alkyl halides is 2. The molecule has 0 radical (unpaired) electrons. The Hall–Kier alpha value is -1.41. The molecule has 0 spiro atoms. The molecular weight excluding hydrogens is 521 g/mol. The van der Waals surface area contributed by atoms with Gasteiger partial charge in [0, 0.05) is 25.2 Å². The van der Waals surface area contributed by atoms with Crippen LogP contribution in [0.15, 0.2) is 23.2 Å². The number of rotatable bonds is 12. The molecule has 8 nitrogen and oxygen atoms in total. The molecule has 1 rings (SSSR count). The van der Waals surface area contributed by atoms with E-state index in [1.165, 1.54) is 19.2 Å². The number of benzene rings is 1. The van der Waals surface area contributed by atoms with E-state index in [9.17, 15) is 17.2 Å². The zero-order valence-electron chi connectivity index (χ0n) is 16.7. The third kappa shape index (κ3) is 11.4. The van der Waals surface area contributed by atoms with Gasteiger partial charge in [0.15, 0.2) is 5.96 Å². The van der Waals surface area contributed by atoms with Crippen LogP contribution in [0.2, 0.25) is 0 Å². The van der Waals surface area contributed by atoms with E-state index in [1.807, 2.05) is 6.92 Å². The normalized spacial score (nSPS) is 11.7. The van der Waals surface area contributed by atoms with Crippen molar-refractivity contribution in [3.63, 3.8) is 0 Å². The second-order valence-corrected chi connectivity index (χ2v) is 7.72. The maximum absolute atomic E-state index is 12.6. The molecule has 0 unspecified atom stereocenters. The number of hydrogen-bond donors (Lipinski definition) is 3. The first-order chi connectivity index (χ1) is 13.3. The quantitative estimate of drug-likeness (QED) is 0.160. The number of methoxy groups -OCH3 is 1. The van der Waals surface area contributed by atoms with E-state index in [0.29, 0.717) is 43.3 Å². The van der Waals surface area contributed by atoms with E-state index >= 15 is 0 Å². The summed E-state index contributed by atoms with van der Waals surface area (Å²) in [6.07, 6.45) is 0.558. The molecule has 29 heavy (non-hydrogen) atoms. The number of sulfonamides is 1. The summed E-state index contributed by atoms with van der Waals surface area (Å²) in [5, 5.41) is 6.11. The molecule has 0 fully saturated rings. The topological polar surface area (TPSA) is 101 Å². The minimum atomic E-state index is -3.21. The van der Waals surface area contributed by atoms with Crippen LogP contribution in [0.25, 0.3) is 0 Å². The van der Waals surface area contributed by atoms with Crippen LogP contribution < -0.4 is 24.8 Å². The van der Waals surface area contributed by atoms with Gasteiger partial charge in [-0.05, 0) is 38.5 Å². The van der Waals surface area contributed by atoms with Gasteiger partial charge in [0.2, 0.25) is 10.0 Å². The van der Waals surface area contributed by atoms with Gasteiger partial charge < -0.3 is 20.1 Å². The van der Waals surface area contributed by atoms with E-state index in [4.69, 9.17) is 4.74 Å². The maximum atomic E-state index is 12.6. The third-order valence-corrected chi connectivity index (χ3v) is 4.99. The molecule has 168 valence electrons. The Morgan fingerprint density at radius 3 is 2.52 bits per heavy atom. The summed E-state index contributed by atoms with van der Waals surface area (Å²) in [7, 11) is -1.73. The molecule has 0 saturated carbocycles. The van der Waals surface area contributed by atoms with Crippen molar-refractivity contribution in [3.05, 3.63) is 23.8 Å². The smallest absolute Gasteiger partial charge is 0.387 e. The van der Waals surface area contributed by atoms with E-state index in [1.54, 1.807) is 13.0 Å². The first-order valence-electron chi connectivity index (χ1n) is 8.92. The maximum Gasteiger partial charge on any atom is 0.387 e. The minimum Gasteiger partial charge on any atom is -0.497 e. The van der Waals surface area contributed by atoms with Gasteiger partial charge in [0.05, 0.1) is 19.4 Å². The Labute approximate surface area is 187 Å². The summed E-state index contributed by atoms with van der Waals surface area (Å²) >= 11 is 0. The van der Waals surface area contributed by atoms with Gasteiger partial charge in [-0.2, -0.15) is 8.78 Å². The van der Waals surface area contributed by atoms with Gasteiger partial charge in [-0.15, -0.1) is 24.0 Å². The Kier molecular flexibility index (Phi) is 13.8. The van der Waals surface area contributed by atoms with Gasteiger partial charge in [0.25, 0.3) is 0 Å². The molecule has 0 aliphatic heterocycles. The first kappa shape index (κ1) is 27.6. The number of halogens is 3. The van der Waals surface area contributed by atoms with Crippen molar-refractivity contribution in [2.45, 2.75) is 33.4 Å². The molecule has 0 atom stereocenters. The van der Waals surface area contributed by atoms with Crippen LogP contribution in [-0.2, 0) is 16.6 Å². The van der Waals surface area contributed by atoms with Crippen LogP contribution in [-0.4, -0.2) is 53.5 Å². The largest absolute Gasteiger partial charge is 0.497 e. The fourth-order valence-electron chi connectivity index (χ4n) is 2.15. The van der Waals surface area contributed by atoms with Crippen LogP contribution >= 0.6 is 24.0 Å². The molecule has 0 bridgehead atoms. The van der Waals surface area contributed by atoms with Crippen LogP contribution in [0, 0.1) is 0 Å². The Morgan fingerprint density at radius 2 is 1.93 bits per heavy atom. The molecule has 1 aromatic rings. The zero-order chi connectivity index (χ0) is 21.0. The number of nitrogens with one attached hydrogen (secondary N) is 3. The van der Waals surface area contributed by atoms with Gasteiger partial charge in [-0.3, -0.25) is 0 Å². The molecule has 12 heteroatoms. The van der Waals surface area contributed by atoms with Crippen LogP contribution in [0.4, 0.5) is 8.78 Å². The van der Waals surface area contributed by atoms with Crippen molar-refractivity contribution >= 4 is 40.0 Å². The van der Waals surface area contributed by atoms with E-state index in [2.05, 4.69) is 25.1 Å². The lowest BCUT2D eigenvalue weighted by atomic mass is 10.2. The minimum absolute atomic E-state index is 0. The first-order valence-corrected chi connectivity index (χ1v) is 10.6. The fourth-order valence-corrected chi connectivity index (χ4v) is 2.81. The molecule has 0 aliphatic rings. The monoisotopic (exact) mass is 550 g/mol. The predicted molar refractivity (Wildman–Crippen MR) is 120 cm³/mol. The second kappa shape index (κ2) is 14.6. The predicted octanol–water partition coefficient (Wildman–Crippen LogP) is 2.30. The van der Waals surface area contributed by atoms with Crippen LogP contribution in [0.3, 0.4) is 0 Å². The molecule has 0 heterocycles. The average molecular weight is 550 g/mol. The Balaban J connectivity index is 0.00000784.